The monoisotopic (exact) mass is 320 g/mol. The molecule has 0 atom stereocenters. The molecule has 0 unspecified atom stereocenters. The van der Waals surface area contributed by atoms with Gasteiger partial charge >= 0.3 is 0 Å². The summed E-state index contributed by atoms with van der Waals surface area (Å²) in [6.07, 6.45) is 5.86. The third kappa shape index (κ3) is 2.92. The molecule has 1 aliphatic carbocycles. The lowest BCUT2D eigenvalue weighted by atomic mass is 9.96. The molecular weight excluding hydrogens is 304 g/mol. The van der Waals surface area contributed by atoms with Gasteiger partial charge in [0, 0.05) is 11.9 Å². The van der Waals surface area contributed by atoms with Crippen LogP contribution >= 0.6 is 11.6 Å². The topological polar surface area (TPSA) is 79.9 Å². The van der Waals surface area contributed by atoms with Gasteiger partial charge in [0.2, 0.25) is 5.88 Å². The molecular formula is C15H17ClN4O2. The molecule has 1 aliphatic rings. The van der Waals surface area contributed by atoms with Crippen LogP contribution in [0, 0.1) is 0 Å². The number of fused-ring (bicyclic) bond motifs is 1. The van der Waals surface area contributed by atoms with Gasteiger partial charge in [0.1, 0.15) is 5.02 Å². The first kappa shape index (κ1) is 14.8. The third-order valence-corrected chi connectivity index (χ3v) is 4.09. The van der Waals surface area contributed by atoms with Crippen molar-refractivity contribution in [1.29, 1.82) is 0 Å². The zero-order valence-electron chi connectivity index (χ0n) is 12.3. The lowest BCUT2D eigenvalue weighted by Gasteiger charge is -2.11. The van der Waals surface area contributed by atoms with E-state index in [0.717, 1.165) is 18.5 Å². The van der Waals surface area contributed by atoms with Crippen molar-refractivity contribution in [3.05, 3.63) is 39.8 Å². The van der Waals surface area contributed by atoms with E-state index in [1.807, 2.05) is 0 Å². The number of aryl methyl sites for hydroxylation is 1. The number of ether oxygens (including phenoxy) is 1. The fourth-order valence-corrected chi connectivity index (χ4v) is 2.91. The minimum absolute atomic E-state index is 0.232. The highest BCUT2D eigenvalue weighted by Crippen LogP contribution is 2.23. The van der Waals surface area contributed by atoms with E-state index in [2.05, 4.69) is 20.5 Å². The van der Waals surface area contributed by atoms with Crippen LogP contribution in [0.1, 0.15) is 40.2 Å². The maximum Gasteiger partial charge on any atom is 0.253 e. The number of pyridine rings is 1. The van der Waals surface area contributed by atoms with Crippen LogP contribution < -0.4 is 10.1 Å². The second kappa shape index (κ2) is 6.36. The van der Waals surface area contributed by atoms with Gasteiger partial charge in [-0.2, -0.15) is 5.10 Å². The summed E-state index contributed by atoms with van der Waals surface area (Å²) in [4.78, 5) is 16.2. The first-order valence-electron chi connectivity index (χ1n) is 7.21. The summed E-state index contributed by atoms with van der Waals surface area (Å²) in [5.74, 6) is 0.0733. The Balaban J connectivity index is 1.67. The van der Waals surface area contributed by atoms with Crippen molar-refractivity contribution < 1.29 is 9.53 Å². The average Bonchev–Trinajstić information content (AvgIpc) is 2.95. The van der Waals surface area contributed by atoms with Crippen LogP contribution in [0.15, 0.2) is 12.3 Å². The minimum atomic E-state index is -0.232. The number of carbonyl (C=O) groups is 1. The van der Waals surface area contributed by atoms with Gasteiger partial charge in [0.05, 0.1) is 24.9 Å². The smallest absolute Gasteiger partial charge is 0.253 e. The number of H-pyrrole nitrogens is 1. The van der Waals surface area contributed by atoms with E-state index >= 15 is 0 Å². The molecule has 6 nitrogen and oxygen atoms in total. The van der Waals surface area contributed by atoms with E-state index in [-0.39, 0.29) is 5.91 Å². The first-order chi connectivity index (χ1) is 10.7. The van der Waals surface area contributed by atoms with Crippen molar-refractivity contribution >= 4 is 17.5 Å². The van der Waals surface area contributed by atoms with Crippen molar-refractivity contribution in [2.24, 2.45) is 0 Å². The van der Waals surface area contributed by atoms with Gasteiger partial charge in [-0.15, -0.1) is 0 Å². The largest absolute Gasteiger partial charge is 0.480 e. The highest BCUT2D eigenvalue weighted by Gasteiger charge is 2.17. The normalized spacial score (nSPS) is 13.5. The Bertz CT molecular complexity index is 699. The van der Waals surface area contributed by atoms with E-state index in [1.54, 1.807) is 6.07 Å². The molecule has 2 aromatic heterocycles. The van der Waals surface area contributed by atoms with Crippen LogP contribution in [0.3, 0.4) is 0 Å². The summed E-state index contributed by atoms with van der Waals surface area (Å²) in [7, 11) is 1.48. The SMILES string of the molecule is COc1ncc(C(=O)NCc2n[nH]c3c2CCCC3)cc1Cl. The van der Waals surface area contributed by atoms with Gasteiger partial charge in [0.15, 0.2) is 0 Å². The first-order valence-corrected chi connectivity index (χ1v) is 7.59. The second-order valence-corrected chi connectivity index (χ2v) is 5.64. The Kier molecular flexibility index (Phi) is 4.29. The van der Waals surface area contributed by atoms with Gasteiger partial charge in [-0.05, 0) is 37.3 Å². The Hall–Kier alpha value is -2.08. The molecule has 0 saturated carbocycles. The number of aromatic amines is 1. The molecule has 0 fully saturated rings. The van der Waals surface area contributed by atoms with E-state index < -0.39 is 0 Å². The van der Waals surface area contributed by atoms with Gasteiger partial charge in [-0.1, -0.05) is 11.6 Å². The van der Waals surface area contributed by atoms with Crippen LogP contribution in [0.4, 0.5) is 0 Å². The molecule has 0 aliphatic heterocycles. The van der Waals surface area contributed by atoms with Gasteiger partial charge < -0.3 is 10.1 Å². The highest BCUT2D eigenvalue weighted by atomic mass is 35.5. The average molecular weight is 321 g/mol. The molecule has 22 heavy (non-hydrogen) atoms. The number of nitrogens with zero attached hydrogens (tertiary/aromatic N) is 2. The van der Waals surface area contributed by atoms with Crippen LogP contribution in [0.2, 0.25) is 5.02 Å². The van der Waals surface area contributed by atoms with E-state index in [4.69, 9.17) is 16.3 Å². The van der Waals surface area contributed by atoms with E-state index in [9.17, 15) is 4.79 Å². The van der Waals surface area contributed by atoms with Crippen molar-refractivity contribution in [3.63, 3.8) is 0 Å². The number of amides is 1. The van der Waals surface area contributed by atoms with Crippen LogP contribution in [-0.4, -0.2) is 28.2 Å². The quantitative estimate of drug-likeness (QED) is 0.905. The Labute approximate surface area is 133 Å². The fraction of sp³-hybridized carbons (Fsp3) is 0.400. The number of aromatic nitrogens is 3. The number of rotatable bonds is 4. The van der Waals surface area contributed by atoms with Gasteiger partial charge in [-0.25, -0.2) is 4.98 Å². The van der Waals surface area contributed by atoms with Crippen LogP contribution in [0.5, 0.6) is 5.88 Å². The molecule has 116 valence electrons. The van der Waals surface area contributed by atoms with Gasteiger partial charge in [-0.3, -0.25) is 9.89 Å². The fourth-order valence-electron chi connectivity index (χ4n) is 2.66. The predicted molar refractivity (Wildman–Crippen MR) is 82.2 cm³/mol. The molecule has 1 amide bonds. The Morgan fingerprint density at radius 2 is 2.27 bits per heavy atom. The predicted octanol–water partition coefficient (Wildman–Crippen LogP) is 2.28. The number of halogens is 1. The zero-order valence-corrected chi connectivity index (χ0v) is 13.0. The van der Waals surface area contributed by atoms with Crippen molar-refractivity contribution in [2.45, 2.75) is 32.2 Å². The summed E-state index contributed by atoms with van der Waals surface area (Å²) in [6.45, 7) is 0.397. The second-order valence-electron chi connectivity index (χ2n) is 5.23. The Morgan fingerprint density at radius 3 is 3.05 bits per heavy atom. The molecule has 0 bridgehead atoms. The molecule has 2 heterocycles. The number of methoxy groups -OCH3 is 1. The molecule has 0 radical (unpaired) electrons. The number of carbonyl (C=O) groups excluding carboxylic acids is 1. The third-order valence-electron chi connectivity index (χ3n) is 3.82. The van der Waals surface area contributed by atoms with E-state index in [1.165, 1.54) is 37.4 Å². The molecule has 3 rings (SSSR count). The van der Waals surface area contributed by atoms with Crippen molar-refractivity contribution in [3.8, 4) is 5.88 Å². The molecule has 2 N–H and O–H groups in total. The maximum absolute atomic E-state index is 12.2. The lowest BCUT2D eigenvalue weighted by molar-refractivity contribution is 0.0950. The molecule has 7 heteroatoms. The molecule has 0 saturated heterocycles. The standard InChI is InChI=1S/C15H17ClN4O2/c1-22-15-11(16)6-9(7-18-15)14(21)17-8-13-10-4-2-3-5-12(10)19-20-13/h6-7H,2-5,8H2,1H3,(H,17,21)(H,19,20). The van der Waals surface area contributed by atoms with Crippen LogP contribution in [-0.2, 0) is 19.4 Å². The van der Waals surface area contributed by atoms with Crippen LogP contribution in [0.25, 0.3) is 0 Å². The molecule has 0 aromatic carbocycles. The lowest BCUT2D eigenvalue weighted by Crippen LogP contribution is -2.24. The van der Waals surface area contributed by atoms with Crippen molar-refractivity contribution in [2.75, 3.05) is 7.11 Å². The molecule has 0 spiro atoms. The van der Waals surface area contributed by atoms with E-state index in [0.29, 0.717) is 23.0 Å². The summed E-state index contributed by atoms with van der Waals surface area (Å²) in [6, 6.07) is 1.54. The number of nitrogens with one attached hydrogen (secondary N) is 2. The maximum atomic E-state index is 12.2. The summed E-state index contributed by atoms with van der Waals surface area (Å²) < 4.78 is 4.97. The summed E-state index contributed by atoms with van der Waals surface area (Å²) >= 11 is 5.98. The van der Waals surface area contributed by atoms with Crippen molar-refractivity contribution in [1.82, 2.24) is 20.5 Å². The highest BCUT2D eigenvalue weighted by molar-refractivity contribution is 6.32. The number of hydrogen-bond acceptors (Lipinski definition) is 4. The summed E-state index contributed by atoms with van der Waals surface area (Å²) in [5, 5.41) is 10.5. The summed E-state index contributed by atoms with van der Waals surface area (Å²) in [5.41, 5.74) is 3.76. The zero-order chi connectivity index (χ0) is 15.5. The Morgan fingerprint density at radius 1 is 1.45 bits per heavy atom. The van der Waals surface area contributed by atoms with Gasteiger partial charge in [0.25, 0.3) is 5.91 Å². The minimum Gasteiger partial charge on any atom is -0.480 e. The number of hydrogen-bond donors (Lipinski definition) is 2. The molecule has 2 aromatic rings.